The largest absolute Gasteiger partial charge is 1.00 e. The molecule has 0 saturated carbocycles. The minimum atomic E-state index is -1.13. The minimum absolute atomic E-state index is 0. The second-order valence-electron chi connectivity index (χ2n) is 3.21. The number of benzene rings is 1. The number of epoxide rings is 1. The fourth-order valence-electron chi connectivity index (χ4n) is 1.30. The maximum Gasteiger partial charge on any atom is 1.00 e. The molecule has 4 heteroatoms. The summed E-state index contributed by atoms with van der Waals surface area (Å²) in [5.74, 6) is -1.13. The molecule has 0 amide bonds. The van der Waals surface area contributed by atoms with Crippen LogP contribution in [-0.4, -0.2) is 12.1 Å². The molecule has 1 aliphatic heterocycles. The van der Waals surface area contributed by atoms with E-state index in [1.54, 1.807) is 0 Å². The van der Waals surface area contributed by atoms with E-state index < -0.39 is 12.1 Å². The van der Waals surface area contributed by atoms with E-state index in [0.717, 1.165) is 11.1 Å². The van der Waals surface area contributed by atoms with Gasteiger partial charge in [0, 0.05) is 0 Å². The molecule has 0 aromatic heterocycles. The summed E-state index contributed by atoms with van der Waals surface area (Å²) < 4.78 is 4.94. The van der Waals surface area contributed by atoms with Crippen molar-refractivity contribution < 1.29 is 44.2 Å². The molecule has 0 bridgehead atoms. The monoisotopic (exact) mass is 200 g/mol. The van der Waals surface area contributed by atoms with Gasteiger partial charge in [0.15, 0.2) is 0 Å². The maximum absolute atomic E-state index is 10.4. The van der Waals surface area contributed by atoms with Crippen molar-refractivity contribution in [3.63, 3.8) is 0 Å². The zero-order valence-electron chi connectivity index (χ0n) is 8.19. The van der Waals surface area contributed by atoms with Gasteiger partial charge >= 0.3 is 29.6 Å². The van der Waals surface area contributed by atoms with Crippen molar-refractivity contribution in [3.8, 4) is 0 Å². The molecule has 0 aliphatic carbocycles. The Kier molecular flexibility index (Phi) is 3.72. The number of carboxylic acids is 1. The summed E-state index contributed by atoms with van der Waals surface area (Å²) in [5, 5.41) is 10.4. The summed E-state index contributed by atoms with van der Waals surface area (Å²) in [6, 6.07) is 7.62. The average Bonchev–Trinajstić information content (AvgIpc) is 2.85. The summed E-state index contributed by atoms with van der Waals surface area (Å²) in [4.78, 5) is 10.4. The first-order chi connectivity index (χ1) is 6.18. The molecule has 2 atom stereocenters. The Labute approximate surface area is 104 Å². The number of hydrogen-bond donors (Lipinski definition) is 0. The Morgan fingerprint density at radius 1 is 1.36 bits per heavy atom. The fraction of sp³-hybridized carbons (Fsp3) is 0.300. The number of ether oxygens (including phenoxy) is 1. The van der Waals surface area contributed by atoms with Crippen LogP contribution in [0.2, 0.25) is 0 Å². The van der Waals surface area contributed by atoms with Gasteiger partial charge in [-0.05, 0) is 12.5 Å². The van der Waals surface area contributed by atoms with E-state index in [1.165, 1.54) is 0 Å². The molecule has 0 N–H and O–H groups in total. The second kappa shape index (κ2) is 4.45. The van der Waals surface area contributed by atoms with Crippen LogP contribution in [0.5, 0.6) is 0 Å². The van der Waals surface area contributed by atoms with Gasteiger partial charge in [-0.25, -0.2) is 0 Å². The van der Waals surface area contributed by atoms with Gasteiger partial charge in [-0.2, -0.15) is 0 Å². The van der Waals surface area contributed by atoms with Crippen LogP contribution in [0.1, 0.15) is 17.2 Å². The maximum atomic E-state index is 10.4. The van der Waals surface area contributed by atoms with Gasteiger partial charge in [0.05, 0.1) is 5.97 Å². The molecule has 1 aromatic rings. The summed E-state index contributed by atoms with van der Waals surface area (Å²) in [6.07, 6.45) is -1.05. The average molecular weight is 200 g/mol. The Morgan fingerprint density at radius 2 is 1.93 bits per heavy atom. The smallest absolute Gasteiger partial charge is 0.547 e. The van der Waals surface area contributed by atoms with Gasteiger partial charge < -0.3 is 14.6 Å². The Balaban J connectivity index is 0.000000980. The van der Waals surface area contributed by atoms with E-state index in [9.17, 15) is 9.90 Å². The molecule has 0 spiro atoms. The molecular formula is C10H9NaO3. The summed E-state index contributed by atoms with van der Waals surface area (Å²) >= 11 is 0. The zero-order chi connectivity index (χ0) is 9.42. The van der Waals surface area contributed by atoms with E-state index in [2.05, 4.69) is 0 Å². The molecule has 3 nitrogen and oxygen atoms in total. The third-order valence-electron chi connectivity index (χ3n) is 2.13. The van der Waals surface area contributed by atoms with Crippen LogP contribution in [0.4, 0.5) is 0 Å². The molecule has 68 valence electrons. The predicted molar refractivity (Wildman–Crippen MR) is 43.8 cm³/mol. The number of rotatable bonds is 2. The third kappa shape index (κ3) is 2.36. The SMILES string of the molecule is Cc1ccc(C2OC2C(=O)[O-])cc1.[Na+]. The van der Waals surface area contributed by atoms with Crippen LogP contribution in [0.3, 0.4) is 0 Å². The fourth-order valence-corrected chi connectivity index (χ4v) is 1.30. The van der Waals surface area contributed by atoms with Crippen molar-refractivity contribution >= 4 is 5.97 Å². The van der Waals surface area contributed by atoms with E-state index in [1.807, 2.05) is 31.2 Å². The Hall–Kier alpha value is -0.350. The third-order valence-corrected chi connectivity index (χ3v) is 2.13. The minimum Gasteiger partial charge on any atom is -0.547 e. The van der Waals surface area contributed by atoms with Crippen LogP contribution in [0.25, 0.3) is 0 Å². The zero-order valence-corrected chi connectivity index (χ0v) is 10.2. The first kappa shape index (κ1) is 11.7. The van der Waals surface area contributed by atoms with E-state index >= 15 is 0 Å². The molecule has 14 heavy (non-hydrogen) atoms. The number of aliphatic carboxylic acids is 1. The number of carbonyl (C=O) groups excluding carboxylic acids is 1. The molecule has 1 aromatic carbocycles. The molecular weight excluding hydrogens is 191 g/mol. The van der Waals surface area contributed by atoms with Gasteiger partial charge in [0.1, 0.15) is 12.2 Å². The van der Waals surface area contributed by atoms with Gasteiger partial charge in [-0.1, -0.05) is 29.8 Å². The molecule has 2 rings (SSSR count). The van der Waals surface area contributed by atoms with Crippen molar-refractivity contribution in [3.05, 3.63) is 35.4 Å². The van der Waals surface area contributed by atoms with Crippen LogP contribution in [-0.2, 0) is 9.53 Å². The Bertz CT molecular complexity index is 334. The number of hydrogen-bond acceptors (Lipinski definition) is 3. The second-order valence-corrected chi connectivity index (χ2v) is 3.21. The van der Waals surface area contributed by atoms with Crippen LogP contribution >= 0.6 is 0 Å². The van der Waals surface area contributed by atoms with Crippen LogP contribution < -0.4 is 34.7 Å². The van der Waals surface area contributed by atoms with Crippen molar-refractivity contribution in [2.75, 3.05) is 0 Å². The molecule has 1 heterocycles. The van der Waals surface area contributed by atoms with Crippen molar-refractivity contribution in [2.24, 2.45) is 0 Å². The standard InChI is InChI=1S/C10H10O3.Na/c1-6-2-4-7(5-3-6)8-9(13-8)10(11)12;/h2-5,8-9H,1H3,(H,11,12);/q;+1/p-1. The van der Waals surface area contributed by atoms with Crippen LogP contribution in [0, 0.1) is 6.92 Å². The van der Waals surface area contributed by atoms with E-state index in [-0.39, 0.29) is 35.7 Å². The van der Waals surface area contributed by atoms with E-state index in [0.29, 0.717) is 0 Å². The first-order valence-corrected chi connectivity index (χ1v) is 4.11. The van der Waals surface area contributed by atoms with Gasteiger partial charge in [0.2, 0.25) is 0 Å². The van der Waals surface area contributed by atoms with Crippen molar-refractivity contribution in [1.82, 2.24) is 0 Å². The first-order valence-electron chi connectivity index (χ1n) is 4.11. The van der Waals surface area contributed by atoms with Crippen molar-refractivity contribution in [1.29, 1.82) is 0 Å². The van der Waals surface area contributed by atoms with Crippen molar-refractivity contribution in [2.45, 2.75) is 19.1 Å². The molecule has 2 unspecified atom stereocenters. The number of aryl methyl sites for hydroxylation is 1. The molecule has 0 radical (unpaired) electrons. The quantitative estimate of drug-likeness (QED) is 0.382. The topological polar surface area (TPSA) is 52.7 Å². The van der Waals surface area contributed by atoms with Gasteiger partial charge in [-0.3, -0.25) is 0 Å². The van der Waals surface area contributed by atoms with Crippen LogP contribution in [0.15, 0.2) is 24.3 Å². The number of carbonyl (C=O) groups is 1. The molecule has 1 fully saturated rings. The molecule has 1 aliphatic rings. The normalized spacial score (nSPS) is 23.8. The summed E-state index contributed by atoms with van der Waals surface area (Å²) in [6.45, 7) is 1.98. The summed E-state index contributed by atoms with van der Waals surface area (Å²) in [7, 11) is 0. The molecule has 1 saturated heterocycles. The van der Waals surface area contributed by atoms with Gasteiger partial charge in [-0.15, -0.1) is 0 Å². The predicted octanol–water partition coefficient (Wildman–Crippen LogP) is -2.81. The van der Waals surface area contributed by atoms with Gasteiger partial charge in [0.25, 0.3) is 0 Å². The number of carboxylic acid groups (broad SMARTS) is 1. The Morgan fingerprint density at radius 3 is 2.36 bits per heavy atom. The summed E-state index contributed by atoms with van der Waals surface area (Å²) in [5.41, 5.74) is 2.05. The van der Waals surface area contributed by atoms with E-state index in [4.69, 9.17) is 4.74 Å².